The second-order valence-corrected chi connectivity index (χ2v) is 3.86. The summed E-state index contributed by atoms with van der Waals surface area (Å²) in [6.45, 7) is 4.31. The third-order valence-electron chi connectivity index (χ3n) is 2.41. The van der Waals surface area contributed by atoms with Crippen LogP contribution in [0.1, 0.15) is 30.9 Å². The second kappa shape index (κ2) is 4.82. The molecule has 0 radical (unpaired) electrons. The fraction of sp³-hybridized carbons (Fsp3) is 0.417. The molecule has 15 heavy (non-hydrogen) atoms. The Morgan fingerprint density at radius 2 is 2.07 bits per heavy atom. The number of anilines is 2. The van der Waals surface area contributed by atoms with Crippen LogP contribution in [0.25, 0.3) is 0 Å². The minimum atomic E-state index is 0.461. The molecule has 0 unspecified atom stereocenters. The van der Waals surface area contributed by atoms with E-state index in [9.17, 15) is 0 Å². The average molecular weight is 205 g/mol. The number of hydrogen-bond acceptors (Lipinski definition) is 3. The summed E-state index contributed by atoms with van der Waals surface area (Å²) in [7, 11) is 3.67. The summed E-state index contributed by atoms with van der Waals surface area (Å²) in [5, 5.41) is 3.19. The lowest BCUT2D eigenvalue weighted by molar-refractivity contribution is 0.869. The topological polar surface area (TPSA) is 50.4 Å². The molecule has 1 rings (SSSR count). The monoisotopic (exact) mass is 205 g/mol. The van der Waals surface area contributed by atoms with Crippen molar-refractivity contribution in [2.45, 2.75) is 19.8 Å². The van der Waals surface area contributed by atoms with Gasteiger partial charge in [-0.1, -0.05) is 13.8 Å². The van der Waals surface area contributed by atoms with Crippen LogP contribution >= 0.6 is 0 Å². The van der Waals surface area contributed by atoms with E-state index in [2.05, 4.69) is 24.2 Å². The molecule has 0 fully saturated rings. The van der Waals surface area contributed by atoms with E-state index < -0.39 is 0 Å². The Kier molecular flexibility index (Phi) is 3.72. The summed E-state index contributed by atoms with van der Waals surface area (Å²) in [5.74, 6) is 0.461. The van der Waals surface area contributed by atoms with Gasteiger partial charge in [-0.15, -0.1) is 0 Å². The minimum absolute atomic E-state index is 0.461. The molecule has 1 aromatic rings. The summed E-state index contributed by atoms with van der Waals surface area (Å²) < 4.78 is 0. The maximum Gasteiger partial charge on any atom is 0.0407 e. The maximum absolute atomic E-state index is 5.95. The predicted molar refractivity (Wildman–Crippen MR) is 68.0 cm³/mol. The fourth-order valence-corrected chi connectivity index (χ4v) is 1.60. The van der Waals surface area contributed by atoms with Crippen LogP contribution in [0.2, 0.25) is 0 Å². The number of nitrogens with zero attached hydrogens (tertiary/aromatic N) is 1. The first kappa shape index (κ1) is 11.6. The predicted octanol–water partition coefficient (Wildman–Crippen LogP) is 2.48. The highest BCUT2D eigenvalue weighted by Gasteiger charge is 2.08. The first-order valence-electron chi connectivity index (χ1n) is 5.13. The van der Waals surface area contributed by atoms with E-state index in [1.54, 1.807) is 13.3 Å². The van der Waals surface area contributed by atoms with Gasteiger partial charge >= 0.3 is 0 Å². The van der Waals surface area contributed by atoms with Gasteiger partial charge in [-0.05, 0) is 23.6 Å². The molecule has 3 nitrogen and oxygen atoms in total. The van der Waals surface area contributed by atoms with Crippen molar-refractivity contribution in [3.8, 4) is 0 Å². The zero-order chi connectivity index (χ0) is 11.4. The van der Waals surface area contributed by atoms with Crippen LogP contribution in [-0.2, 0) is 0 Å². The molecule has 0 aliphatic rings. The Hall–Kier alpha value is -1.51. The number of nitrogens with two attached hydrogens (primary N) is 1. The fourth-order valence-electron chi connectivity index (χ4n) is 1.60. The highest BCUT2D eigenvalue weighted by Crippen LogP contribution is 2.28. The number of nitrogen functional groups attached to an aromatic ring is 1. The normalized spacial score (nSPS) is 11.3. The first-order chi connectivity index (χ1) is 7.10. The highest BCUT2D eigenvalue weighted by atomic mass is 14.8. The molecule has 0 amide bonds. The maximum atomic E-state index is 5.95. The number of benzene rings is 1. The summed E-state index contributed by atoms with van der Waals surface area (Å²) >= 11 is 0. The lowest BCUT2D eigenvalue weighted by atomic mass is 9.98. The molecule has 0 aromatic heterocycles. The molecule has 0 aliphatic heterocycles. The molecule has 3 N–H and O–H groups in total. The van der Waals surface area contributed by atoms with Gasteiger partial charge in [0.1, 0.15) is 0 Å². The first-order valence-corrected chi connectivity index (χ1v) is 5.13. The van der Waals surface area contributed by atoms with Crippen molar-refractivity contribution in [1.29, 1.82) is 0 Å². The van der Waals surface area contributed by atoms with Gasteiger partial charge in [-0.2, -0.15) is 0 Å². The highest BCUT2D eigenvalue weighted by molar-refractivity contribution is 5.89. The van der Waals surface area contributed by atoms with Crippen LogP contribution in [0.5, 0.6) is 0 Å². The SMILES string of the molecule is CN=Cc1cc(NC)c(C(C)C)cc1N. The van der Waals surface area contributed by atoms with E-state index in [1.807, 2.05) is 19.2 Å². The standard InChI is InChI=1S/C12H19N3/c1-8(2)10-6-11(13)9(7-14-3)5-12(10)15-4/h5-8,15H,13H2,1-4H3. The van der Waals surface area contributed by atoms with Crippen LogP contribution in [0.3, 0.4) is 0 Å². The van der Waals surface area contributed by atoms with Gasteiger partial charge in [0.25, 0.3) is 0 Å². The Balaban J connectivity index is 3.28. The zero-order valence-corrected chi connectivity index (χ0v) is 9.83. The van der Waals surface area contributed by atoms with Crippen LogP contribution in [0.4, 0.5) is 11.4 Å². The van der Waals surface area contributed by atoms with Gasteiger partial charge in [-0.3, -0.25) is 4.99 Å². The van der Waals surface area contributed by atoms with Gasteiger partial charge in [-0.25, -0.2) is 0 Å². The van der Waals surface area contributed by atoms with Crippen molar-refractivity contribution < 1.29 is 0 Å². The summed E-state index contributed by atoms with van der Waals surface area (Å²) in [6, 6.07) is 4.06. The summed E-state index contributed by atoms with van der Waals surface area (Å²) in [4.78, 5) is 3.98. The number of hydrogen-bond donors (Lipinski definition) is 2. The quantitative estimate of drug-likeness (QED) is 0.588. The van der Waals surface area contributed by atoms with E-state index in [0.717, 1.165) is 16.9 Å². The lowest BCUT2D eigenvalue weighted by Crippen LogP contribution is -2.02. The number of rotatable bonds is 3. The largest absolute Gasteiger partial charge is 0.398 e. The smallest absolute Gasteiger partial charge is 0.0407 e. The van der Waals surface area contributed by atoms with Crippen molar-refractivity contribution >= 4 is 17.6 Å². The molecule has 82 valence electrons. The third-order valence-corrected chi connectivity index (χ3v) is 2.41. The molecule has 0 spiro atoms. The molecule has 0 saturated heterocycles. The Bertz CT molecular complexity index is 367. The lowest BCUT2D eigenvalue weighted by Gasteiger charge is -2.14. The summed E-state index contributed by atoms with van der Waals surface area (Å²) in [6.07, 6.45) is 1.78. The molecular weight excluding hydrogens is 186 g/mol. The average Bonchev–Trinajstić information content (AvgIpc) is 2.20. The van der Waals surface area contributed by atoms with Gasteiger partial charge < -0.3 is 11.1 Å². The molecule has 0 bridgehead atoms. The van der Waals surface area contributed by atoms with Crippen molar-refractivity contribution in [3.63, 3.8) is 0 Å². The van der Waals surface area contributed by atoms with Crippen LogP contribution in [-0.4, -0.2) is 20.3 Å². The second-order valence-electron chi connectivity index (χ2n) is 3.86. The Morgan fingerprint density at radius 3 is 2.53 bits per heavy atom. The molecule has 0 heterocycles. The van der Waals surface area contributed by atoms with Gasteiger partial charge in [0, 0.05) is 37.2 Å². The van der Waals surface area contributed by atoms with Crippen LogP contribution in [0, 0.1) is 0 Å². The van der Waals surface area contributed by atoms with Crippen LogP contribution in [0.15, 0.2) is 17.1 Å². The molecule has 0 atom stereocenters. The van der Waals surface area contributed by atoms with E-state index in [1.165, 1.54) is 5.56 Å². The molecule has 1 aromatic carbocycles. The van der Waals surface area contributed by atoms with E-state index >= 15 is 0 Å². The number of aliphatic imine (C=N–C) groups is 1. The number of nitrogens with one attached hydrogen (secondary N) is 1. The summed E-state index contributed by atoms with van der Waals surface area (Å²) in [5.41, 5.74) is 10.1. The van der Waals surface area contributed by atoms with Gasteiger partial charge in [0.05, 0.1) is 0 Å². The van der Waals surface area contributed by atoms with Crippen LogP contribution < -0.4 is 11.1 Å². The van der Waals surface area contributed by atoms with E-state index in [4.69, 9.17) is 5.73 Å². The molecular formula is C12H19N3. The molecule has 3 heteroatoms. The molecule has 0 aliphatic carbocycles. The van der Waals surface area contributed by atoms with E-state index in [0.29, 0.717) is 5.92 Å². The zero-order valence-electron chi connectivity index (χ0n) is 9.83. The van der Waals surface area contributed by atoms with Crippen molar-refractivity contribution in [2.24, 2.45) is 4.99 Å². The Labute approximate surface area is 91.4 Å². The Morgan fingerprint density at radius 1 is 1.40 bits per heavy atom. The van der Waals surface area contributed by atoms with E-state index in [-0.39, 0.29) is 0 Å². The van der Waals surface area contributed by atoms with Gasteiger partial charge in [0.2, 0.25) is 0 Å². The van der Waals surface area contributed by atoms with Crippen molar-refractivity contribution in [1.82, 2.24) is 0 Å². The van der Waals surface area contributed by atoms with Crippen molar-refractivity contribution in [2.75, 3.05) is 25.1 Å². The third kappa shape index (κ3) is 2.49. The molecule has 0 saturated carbocycles. The van der Waals surface area contributed by atoms with Gasteiger partial charge in [0.15, 0.2) is 0 Å². The van der Waals surface area contributed by atoms with Crippen molar-refractivity contribution in [3.05, 3.63) is 23.3 Å². The minimum Gasteiger partial charge on any atom is -0.398 e.